The molecule has 1 aliphatic heterocycles. The van der Waals surface area contributed by atoms with Crippen molar-refractivity contribution in [3.8, 4) is 11.5 Å². The molecule has 9 heteroatoms. The van der Waals surface area contributed by atoms with Crippen LogP contribution >= 0.6 is 22.7 Å². The minimum absolute atomic E-state index is 0.0216. The predicted molar refractivity (Wildman–Crippen MR) is 156 cm³/mol. The van der Waals surface area contributed by atoms with Gasteiger partial charge in [-0.25, -0.2) is 4.98 Å². The number of benzene rings is 2. The summed E-state index contributed by atoms with van der Waals surface area (Å²) in [6.45, 7) is 6.69. The molecule has 0 saturated carbocycles. The van der Waals surface area contributed by atoms with Gasteiger partial charge in [0.05, 0.1) is 40.4 Å². The molecule has 2 aromatic heterocycles. The number of methoxy groups -OCH3 is 1. The van der Waals surface area contributed by atoms with E-state index < -0.39 is 23.5 Å². The van der Waals surface area contributed by atoms with Gasteiger partial charge in [-0.3, -0.25) is 14.5 Å². The van der Waals surface area contributed by atoms with Crippen LogP contribution in [0.15, 0.2) is 59.2 Å². The third-order valence-corrected chi connectivity index (χ3v) is 8.60. The van der Waals surface area contributed by atoms with Gasteiger partial charge >= 0.3 is 0 Å². The van der Waals surface area contributed by atoms with Crippen LogP contribution in [-0.2, 0) is 4.79 Å². The molecule has 0 spiro atoms. The van der Waals surface area contributed by atoms with Gasteiger partial charge in [0.15, 0.2) is 22.4 Å². The Bertz CT molecular complexity index is 1570. The highest BCUT2D eigenvalue weighted by Gasteiger charge is 2.46. The Labute approximate surface area is 235 Å². The lowest BCUT2D eigenvalue weighted by Gasteiger charge is -2.25. The summed E-state index contributed by atoms with van der Waals surface area (Å²) in [5.74, 6) is -0.549. The molecule has 4 aromatic rings. The fourth-order valence-electron chi connectivity index (χ4n) is 4.86. The lowest BCUT2D eigenvalue weighted by Crippen LogP contribution is -2.31. The van der Waals surface area contributed by atoms with E-state index in [9.17, 15) is 14.7 Å². The third-order valence-electron chi connectivity index (χ3n) is 6.73. The number of carbonyl (C=O) groups is 2. The first kappa shape index (κ1) is 26.9. The molecule has 202 valence electrons. The van der Waals surface area contributed by atoms with Crippen molar-refractivity contribution < 1.29 is 24.2 Å². The number of aliphatic hydroxyl groups excluding tert-OH is 1. The number of hydrogen-bond acceptors (Lipinski definition) is 8. The number of ketones is 1. The molecule has 1 unspecified atom stereocenters. The van der Waals surface area contributed by atoms with Crippen LogP contribution < -0.4 is 14.4 Å². The van der Waals surface area contributed by atoms with Crippen molar-refractivity contribution in [2.45, 2.75) is 46.1 Å². The zero-order valence-electron chi connectivity index (χ0n) is 22.3. The number of nitrogens with zero attached hydrogens (tertiary/aromatic N) is 2. The zero-order chi connectivity index (χ0) is 27.7. The van der Waals surface area contributed by atoms with Gasteiger partial charge in [-0.1, -0.05) is 49.3 Å². The first-order valence-corrected chi connectivity index (χ1v) is 14.6. The van der Waals surface area contributed by atoms with Crippen LogP contribution in [0.4, 0.5) is 5.13 Å². The lowest BCUT2D eigenvalue weighted by molar-refractivity contribution is -0.117. The van der Waals surface area contributed by atoms with Gasteiger partial charge in [-0.15, -0.1) is 11.3 Å². The SMILES string of the molecule is CCCCCOc1ccc(C2C(C(=O)c3cccs3)=C(O)C(=O)N2c2nc3c(C)cc(C)cc3s2)cc1OC. The van der Waals surface area contributed by atoms with Crippen LogP contribution in [0.1, 0.15) is 58.6 Å². The molecule has 1 aliphatic rings. The summed E-state index contributed by atoms with van der Waals surface area (Å²) in [6.07, 6.45) is 3.09. The number of Topliss-reactive ketones (excluding diaryl/α,β-unsaturated/α-hetero) is 1. The number of aromatic nitrogens is 1. The topological polar surface area (TPSA) is 89.0 Å². The number of thiazole rings is 1. The van der Waals surface area contributed by atoms with Crippen molar-refractivity contribution in [2.24, 2.45) is 0 Å². The maximum absolute atomic E-state index is 13.7. The minimum Gasteiger partial charge on any atom is -0.503 e. The van der Waals surface area contributed by atoms with E-state index in [1.807, 2.05) is 32.0 Å². The Balaban J connectivity index is 1.62. The van der Waals surface area contributed by atoms with E-state index in [4.69, 9.17) is 14.5 Å². The van der Waals surface area contributed by atoms with Gasteiger partial charge < -0.3 is 14.6 Å². The van der Waals surface area contributed by atoms with E-state index >= 15 is 0 Å². The summed E-state index contributed by atoms with van der Waals surface area (Å²) in [7, 11) is 1.55. The van der Waals surface area contributed by atoms with Crippen LogP contribution in [0.2, 0.25) is 0 Å². The Morgan fingerprint density at radius 2 is 1.95 bits per heavy atom. The van der Waals surface area contributed by atoms with E-state index in [2.05, 4.69) is 6.92 Å². The molecule has 1 atom stereocenters. The molecule has 0 radical (unpaired) electrons. The van der Waals surface area contributed by atoms with Crippen molar-refractivity contribution in [1.82, 2.24) is 4.98 Å². The number of ether oxygens (including phenoxy) is 2. The summed E-state index contributed by atoms with van der Waals surface area (Å²) in [6, 6.07) is 12.0. The van der Waals surface area contributed by atoms with Crippen molar-refractivity contribution in [3.05, 3.63) is 80.7 Å². The molecule has 7 nitrogen and oxygen atoms in total. The van der Waals surface area contributed by atoms with Crippen LogP contribution in [-0.4, -0.2) is 35.5 Å². The number of unbranched alkanes of at least 4 members (excludes halogenated alkanes) is 2. The minimum atomic E-state index is -0.892. The molecule has 0 saturated heterocycles. The highest BCUT2D eigenvalue weighted by molar-refractivity contribution is 7.22. The van der Waals surface area contributed by atoms with Gasteiger partial charge in [0, 0.05) is 0 Å². The normalized spacial score (nSPS) is 15.4. The second-order valence-electron chi connectivity index (χ2n) is 9.54. The maximum atomic E-state index is 13.7. The quantitative estimate of drug-likeness (QED) is 0.161. The number of aliphatic hydroxyl groups is 1. The smallest absolute Gasteiger partial charge is 0.296 e. The highest BCUT2D eigenvalue weighted by atomic mass is 32.1. The van der Waals surface area contributed by atoms with E-state index in [0.717, 1.165) is 40.6 Å². The van der Waals surface area contributed by atoms with Gasteiger partial charge in [0.2, 0.25) is 5.78 Å². The number of aryl methyl sites for hydroxylation is 2. The molecule has 1 N–H and O–H groups in total. The molecular weight excluding hydrogens is 532 g/mol. The van der Waals surface area contributed by atoms with Crippen LogP contribution in [0.25, 0.3) is 10.2 Å². The third kappa shape index (κ3) is 5.04. The molecule has 0 fully saturated rings. The average Bonchev–Trinajstić information content (AvgIpc) is 3.66. The number of anilines is 1. The Hall–Kier alpha value is -3.69. The molecule has 2 aromatic carbocycles. The number of rotatable bonds is 10. The first-order valence-electron chi connectivity index (χ1n) is 12.9. The van der Waals surface area contributed by atoms with Gasteiger partial charge in [-0.2, -0.15) is 0 Å². The fourth-order valence-corrected chi connectivity index (χ4v) is 6.71. The summed E-state index contributed by atoms with van der Waals surface area (Å²) >= 11 is 2.62. The Kier molecular flexibility index (Phi) is 7.72. The van der Waals surface area contributed by atoms with Gasteiger partial charge in [-0.05, 0) is 66.6 Å². The average molecular weight is 563 g/mol. The fraction of sp³-hybridized carbons (Fsp3) is 0.300. The van der Waals surface area contributed by atoms with Crippen LogP contribution in [0.5, 0.6) is 11.5 Å². The second-order valence-corrected chi connectivity index (χ2v) is 11.5. The van der Waals surface area contributed by atoms with Gasteiger partial charge in [0.25, 0.3) is 5.91 Å². The van der Waals surface area contributed by atoms with Crippen molar-refractivity contribution in [2.75, 3.05) is 18.6 Å². The summed E-state index contributed by atoms with van der Waals surface area (Å²) < 4.78 is 12.5. The summed E-state index contributed by atoms with van der Waals surface area (Å²) in [5, 5.41) is 13.3. The second kappa shape index (κ2) is 11.2. The number of fused-ring (bicyclic) bond motifs is 1. The van der Waals surface area contributed by atoms with Gasteiger partial charge in [0.1, 0.15) is 0 Å². The summed E-state index contributed by atoms with van der Waals surface area (Å²) in [4.78, 5) is 33.9. The molecule has 39 heavy (non-hydrogen) atoms. The molecular formula is C30H30N2O5S2. The number of thiophene rings is 1. The molecule has 3 heterocycles. The van der Waals surface area contributed by atoms with Crippen LogP contribution in [0.3, 0.4) is 0 Å². The standard InChI is InChI=1S/C30H30N2O5S2/c1-5-6-7-12-37-20-11-10-19(16-21(20)36-4)26-24(27(33)22-9-8-13-38-22)28(34)29(35)32(26)30-31-25-18(3)14-17(2)15-23(25)39-30/h8-11,13-16,26,34H,5-7,12H2,1-4H3. The van der Waals surface area contributed by atoms with E-state index in [0.29, 0.717) is 33.7 Å². The number of carbonyl (C=O) groups excluding carboxylic acids is 2. The highest BCUT2D eigenvalue weighted by Crippen LogP contribution is 2.46. The largest absolute Gasteiger partial charge is 0.503 e. The number of amides is 1. The Morgan fingerprint density at radius 1 is 1.13 bits per heavy atom. The van der Waals surface area contributed by atoms with E-state index in [1.54, 1.807) is 36.8 Å². The van der Waals surface area contributed by atoms with Crippen molar-refractivity contribution >= 4 is 49.7 Å². The number of hydrogen-bond donors (Lipinski definition) is 1. The Morgan fingerprint density at radius 3 is 2.67 bits per heavy atom. The molecule has 0 aliphatic carbocycles. The maximum Gasteiger partial charge on any atom is 0.296 e. The molecule has 0 bridgehead atoms. The van der Waals surface area contributed by atoms with E-state index in [1.165, 1.54) is 27.6 Å². The molecule has 1 amide bonds. The first-order chi connectivity index (χ1) is 18.8. The predicted octanol–water partition coefficient (Wildman–Crippen LogP) is 7.34. The monoisotopic (exact) mass is 562 g/mol. The zero-order valence-corrected chi connectivity index (χ0v) is 23.9. The lowest BCUT2D eigenvalue weighted by atomic mass is 9.95. The summed E-state index contributed by atoms with van der Waals surface area (Å²) in [5.41, 5.74) is 3.51. The van der Waals surface area contributed by atoms with Crippen molar-refractivity contribution in [1.29, 1.82) is 0 Å². The molecule has 5 rings (SSSR count). The van der Waals surface area contributed by atoms with Crippen LogP contribution in [0, 0.1) is 13.8 Å². The van der Waals surface area contributed by atoms with E-state index in [-0.39, 0.29) is 5.57 Å². The van der Waals surface area contributed by atoms with Crippen molar-refractivity contribution in [3.63, 3.8) is 0 Å².